The molecule has 0 unspecified atom stereocenters. The lowest BCUT2D eigenvalue weighted by molar-refractivity contribution is 0.465. The summed E-state index contributed by atoms with van der Waals surface area (Å²) in [6, 6.07) is 4.93. The molecule has 0 aliphatic rings. The van der Waals surface area contributed by atoms with Crippen molar-refractivity contribution in [3.05, 3.63) is 45.8 Å². The van der Waals surface area contributed by atoms with Gasteiger partial charge in [-0.3, -0.25) is 0 Å². The van der Waals surface area contributed by atoms with Crippen molar-refractivity contribution in [1.29, 1.82) is 0 Å². The summed E-state index contributed by atoms with van der Waals surface area (Å²) in [5, 5.41) is 12.8. The summed E-state index contributed by atoms with van der Waals surface area (Å²) in [5.74, 6) is 0.0279. The molecule has 0 atom stereocenters. The van der Waals surface area contributed by atoms with Gasteiger partial charge in [0.15, 0.2) is 0 Å². The number of benzene rings is 1. The largest absolute Gasteiger partial charge is 0.507 e. The van der Waals surface area contributed by atoms with Gasteiger partial charge in [0.2, 0.25) is 0 Å². The van der Waals surface area contributed by atoms with Crippen LogP contribution in [0.25, 0.3) is 21.5 Å². The molecule has 96 valence electrons. The standard InChI is InChI=1S/C13H10N2O3S/c14-6-9-10(16)2-1-7-5-8(12-15-3-4-19-12)13(17)18-11(7)9/h1-5,16H,6,14H2. The van der Waals surface area contributed by atoms with Crippen LogP contribution in [0.2, 0.25) is 0 Å². The highest BCUT2D eigenvalue weighted by atomic mass is 32.1. The SMILES string of the molecule is NCc1c(O)ccc2cc(-c3nccs3)c(=O)oc12. The molecule has 0 saturated carbocycles. The van der Waals surface area contributed by atoms with Crippen LogP contribution in [0.5, 0.6) is 5.75 Å². The van der Waals surface area contributed by atoms with E-state index in [1.54, 1.807) is 23.7 Å². The number of hydrogen-bond acceptors (Lipinski definition) is 6. The molecule has 2 heterocycles. The molecule has 5 nitrogen and oxygen atoms in total. The number of hydrogen-bond donors (Lipinski definition) is 2. The van der Waals surface area contributed by atoms with Crippen molar-refractivity contribution in [3.63, 3.8) is 0 Å². The number of rotatable bonds is 2. The molecule has 0 radical (unpaired) electrons. The van der Waals surface area contributed by atoms with Gasteiger partial charge in [0.05, 0.1) is 11.1 Å². The van der Waals surface area contributed by atoms with E-state index < -0.39 is 5.63 Å². The first-order chi connectivity index (χ1) is 9.20. The average Bonchev–Trinajstić information content (AvgIpc) is 2.92. The molecule has 0 aliphatic carbocycles. The van der Waals surface area contributed by atoms with Crippen LogP contribution in [0.4, 0.5) is 0 Å². The van der Waals surface area contributed by atoms with E-state index in [4.69, 9.17) is 10.2 Å². The Morgan fingerprint density at radius 3 is 2.95 bits per heavy atom. The number of thiazole rings is 1. The van der Waals surface area contributed by atoms with Gasteiger partial charge in [-0.25, -0.2) is 9.78 Å². The molecule has 0 aliphatic heterocycles. The zero-order valence-electron chi connectivity index (χ0n) is 9.79. The minimum atomic E-state index is -0.484. The molecule has 1 aromatic carbocycles. The zero-order valence-corrected chi connectivity index (χ0v) is 10.6. The Balaban J connectivity index is 2.34. The summed E-state index contributed by atoms with van der Waals surface area (Å²) in [6.07, 6.45) is 1.63. The first-order valence-electron chi connectivity index (χ1n) is 5.59. The average molecular weight is 274 g/mol. The van der Waals surface area contributed by atoms with Crippen molar-refractivity contribution in [1.82, 2.24) is 4.98 Å². The highest BCUT2D eigenvalue weighted by Gasteiger charge is 2.13. The van der Waals surface area contributed by atoms with Crippen LogP contribution in [0.3, 0.4) is 0 Å². The fraction of sp³-hybridized carbons (Fsp3) is 0.0769. The van der Waals surface area contributed by atoms with Gasteiger partial charge in [0.25, 0.3) is 0 Å². The Morgan fingerprint density at radius 1 is 1.42 bits per heavy atom. The molecule has 0 amide bonds. The lowest BCUT2D eigenvalue weighted by Gasteiger charge is -2.06. The molecule has 2 aromatic heterocycles. The lowest BCUT2D eigenvalue weighted by atomic mass is 10.1. The van der Waals surface area contributed by atoms with Crippen molar-refractivity contribution in [2.24, 2.45) is 5.73 Å². The van der Waals surface area contributed by atoms with Crippen LogP contribution < -0.4 is 11.4 Å². The van der Waals surface area contributed by atoms with E-state index in [2.05, 4.69) is 4.98 Å². The van der Waals surface area contributed by atoms with Gasteiger partial charge in [-0.2, -0.15) is 0 Å². The fourth-order valence-corrected chi connectivity index (χ4v) is 2.58. The Morgan fingerprint density at radius 2 is 2.26 bits per heavy atom. The zero-order chi connectivity index (χ0) is 13.4. The van der Waals surface area contributed by atoms with E-state index in [1.807, 2.05) is 0 Å². The van der Waals surface area contributed by atoms with Crippen molar-refractivity contribution in [2.45, 2.75) is 6.54 Å². The molecule has 3 aromatic rings. The molecule has 3 N–H and O–H groups in total. The van der Waals surface area contributed by atoms with Gasteiger partial charge < -0.3 is 15.3 Å². The van der Waals surface area contributed by atoms with E-state index in [9.17, 15) is 9.90 Å². The maximum absolute atomic E-state index is 12.0. The van der Waals surface area contributed by atoms with Gasteiger partial charge in [-0.15, -0.1) is 11.3 Å². The normalized spacial score (nSPS) is 11.0. The third-order valence-corrected chi connectivity index (χ3v) is 3.65. The summed E-state index contributed by atoms with van der Waals surface area (Å²) in [5.41, 5.74) is 6.25. The third-order valence-electron chi connectivity index (χ3n) is 2.85. The summed E-state index contributed by atoms with van der Waals surface area (Å²) in [4.78, 5) is 16.1. The van der Waals surface area contributed by atoms with Gasteiger partial charge in [0, 0.05) is 23.5 Å². The Bertz CT molecular complexity index is 793. The Kier molecular flexibility index (Phi) is 2.81. The van der Waals surface area contributed by atoms with E-state index in [0.29, 0.717) is 27.1 Å². The van der Waals surface area contributed by atoms with Crippen molar-refractivity contribution < 1.29 is 9.52 Å². The Labute approximate surface area is 111 Å². The second kappa shape index (κ2) is 4.49. The molecule has 6 heteroatoms. The number of fused-ring (bicyclic) bond motifs is 1. The van der Waals surface area contributed by atoms with Gasteiger partial charge in [-0.1, -0.05) is 0 Å². The number of nitrogens with zero attached hydrogens (tertiary/aromatic N) is 1. The van der Waals surface area contributed by atoms with E-state index >= 15 is 0 Å². The Hall–Kier alpha value is -2.18. The number of nitrogens with two attached hydrogens (primary N) is 1. The van der Waals surface area contributed by atoms with Crippen LogP contribution in [0.1, 0.15) is 5.56 Å². The van der Waals surface area contributed by atoms with Crippen LogP contribution in [-0.4, -0.2) is 10.1 Å². The maximum Gasteiger partial charge on any atom is 0.346 e. The molecular formula is C13H10N2O3S. The molecule has 19 heavy (non-hydrogen) atoms. The van der Waals surface area contributed by atoms with Gasteiger partial charge >= 0.3 is 5.63 Å². The topological polar surface area (TPSA) is 89.4 Å². The number of phenolic OH excluding ortho intramolecular Hbond substituents is 1. The van der Waals surface area contributed by atoms with Gasteiger partial charge in [0.1, 0.15) is 16.3 Å². The summed E-state index contributed by atoms with van der Waals surface area (Å²) >= 11 is 1.37. The molecule has 3 rings (SSSR count). The third kappa shape index (κ3) is 1.91. The molecular weight excluding hydrogens is 264 g/mol. The van der Waals surface area contributed by atoms with Crippen molar-refractivity contribution in [2.75, 3.05) is 0 Å². The molecule has 0 spiro atoms. The van der Waals surface area contributed by atoms with Crippen LogP contribution >= 0.6 is 11.3 Å². The van der Waals surface area contributed by atoms with Crippen LogP contribution in [-0.2, 0) is 6.54 Å². The fourth-order valence-electron chi connectivity index (χ4n) is 1.93. The maximum atomic E-state index is 12.0. The minimum Gasteiger partial charge on any atom is -0.507 e. The quantitative estimate of drug-likeness (QED) is 0.698. The molecule has 0 fully saturated rings. The highest BCUT2D eigenvalue weighted by molar-refractivity contribution is 7.13. The monoisotopic (exact) mass is 274 g/mol. The van der Waals surface area contributed by atoms with Crippen LogP contribution in [0, 0.1) is 0 Å². The van der Waals surface area contributed by atoms with E-state index in [-0.39, 0.29) is 12.3 Å². The first-order valence-corrected chi connectivity index (χ1v) is 6.47. The second-order valence-electron chi connectivity index (χ2n) is 3.97. The predicted molar refractivity (Wildman–Crippen MR) is 73.1 cm³/mol. The summed E-state index contributed by atoms with van der Waals surface area (Å²) in [7, 11) is 0. The number of phenols is 1. The summed E-state index contributed by atoms with van der Waals surface area (Å²) < 4.78 is 5.29. The van der Waals surface area contributed by atoms with Crippen LogP contribution in [0.15, 0.2) is 39.0 Å². The highest BCUT2D eigenvalue weighted by Crippen LogP contribution is 2.28. The van der Waals surface area contributed by atoms with Crippen molar-refractivity contribution in [3.8, 4) is 16.3 Å². The van der Waals surface area contributed by atoms with Crippen molar-refractivity contribution >= 4 is 22.3 Å². The number of aromatic nitrogens is 1. The van der Waals surface area contributed by atoms with Gasteiger partial charge in [-0.05, 0) is 18.2 Å². The van der Waals surface area contributed by atoms with E-state index in [1.165, 1.54) is 17.4 Å². The van der Waals surface area contributed by atoms with E-state index in [0.717, 1.165) is 0 Å². The predicted octanol–water partition coefficient (Wildman–Crippen LogP) is 2.08. The summed E-state index contributed by atoms with van der Waals surface area (Å²) in [6.45, 7) is 0.0999. The minimum absolute atomic E-state index is 0.0279. The second-order valence-corrected chi connectivity index (χ2v) is 4.87. The smallest absolute Gasteiger partial charge is 0.346 e. The molecule has 0 bridgehead atoms. The number of aromatic hydroxyl groups is 1. The lowest BCUT2D eigenvalue weighted by Crippen LogP contribution is -2.05. The molecule has 0 saturated heterocycles. The first kappa shape index (κ1) is 11.9.